The normalized spacial score (nSPS) is 15.1. The number of Topliss-reactive ketones (excluding diaryl/α,β-unsaturated/α-hetero) is 4. The molecule has 0 amide bonds. The van der Waals surface area contributed by atoms with E-state index in [2.05, 4.69) is 97.0 Å². The zero-order valence-electron chi connectivity index (χ0n) is 36.3. The van der Waals surface area contributed by atoms with Crippen molar-refractivity contribution in [2.24, 2.45) is 5.92 Å². The fourth-order valence-corrected chi connectivity index (χ4v) is 6.82. The third kappa shape index (κ3) is 25.4. The van der Waals surface area contributed by atoms with Gasteiger partial charge in [0.05, 0.1) is 11.8 Å². The van der Waals surface area contributed by atoms with Gasteiger partial charge in [0, 0.05) is 93.6 Å². The van der Waals surface area contributed by atoms with Gasteiger partial charge >= 0.3 is 180 Å². The Morgan fingerprint density at radius 3 is 1.72 bits per heavy atom. The summed E-state index contributed by atoms with van der Waals surface area (Å²) in [5, 5.41) is 3.73. The summed E-state index contributed by atoms with van der Waals surface area (Å²) in [4.78, 5) is 49.7. The molecular weight excluding hydrogens is 1260 g/mol. The van der Waals surface area contributed by atoms with Gasteiger partial charge in [-0.2, -0.15) is 0 Å². The summed E-state index contributed by atoms with van der Waals surface area (Å²) in [6.07, 6.45) is 4.32. The van der Waals surface area contributed by atoms with Crippen LogP contribution in [0.1, 0.15) is 51.3 Å². The number of halogens is 5. The standard InChI is InChI=1S/C14H16BrNO2.C13H12BrNO.C8H6Br2O.C6H10NO.3CH3.ClH.3Rb/c1-16-7-6-13(17)11(9-16)8-14(18)10-2-4-12(15)5-3-10;14-11-3-1-9(2-4-11)13-7-10-8-15-6-5-12(10)16-13;9-5-8(11)6-1-3-7(10)4-2-6;1-7-4-2-6(8)3-5-7;;;;;;;/h2-5,11H,6-9H2,1H3;1-4,7,15H,5-6,8H2;1-4H,5H2;2H,3-5H2,1H3;3*1H3;1H;;;/q;;;+1;3*-1;;3*+1. The number of likely N-dealkylation sites (tertiary alicyclic amines) is 2. The molecule has 0 spiro atoms. The molecule has 60 heavy (non-hydrogen) atoms. The molecule has 4 heterocycles. The summed E-state index contributed by atoms with van der Waals surface area (Å²) < 4.78 is 8.91. The predicted octanol–water partition coefficient (Wildman–Crippen LogP) is 1.80. The first-order valence-electron chi connectivity index (χ1n) is 17.4. The van der Waals surface area contributed by atoms with Gasteiger partial charge < -0.3 is 36.9 Å². The minimum atomic E-state index is -0.139. The number of carbonyl (C=O) groups is 4. The molecule has 8 nitrogen and oxygen atoms in total. The molecule has 1 aromatic heterocycles. The molecule has 0 saturated carbocycles. The number of carbonyl (C=O) groups excluding carboxylic acids is 4. The molecule has 4 aromatic rings. The molecule has 0 bridgehead atoms. The Morgan fingerprint density at radius 1 is 0.750 bits per heavy atom. The van der Waals surface area contributed by atoms with Crippen molar-refractivity contribution in [3.8, 4) is 11.3 Å². The largest absolute Gasteiger partial charge is 1.00 e. The maximum absolute atomic E-state index is 12.1. The molecule has 3 aromatic carbocycles. The molecule has 2 saturated heterocycles. The van der Waals surface area contributed by atoms with Gasteiger partial charge in [0.15, 0.2) is 18.0 Å². The molecular formula is C44H54Br4ClN3O5Rb3+. The fourth-order valence-electron chi connectivity index (χ4n) is 5.70. The van der Waals surface area contributed by atoms with Crippen molar-refractivity contribution >= 4 is 99.3 Å². The molecule has 0 radical (unpaired) electrons. The number of ketones is 4. The molecule has 1 N–H and O–H groups in total. The first-order chi connectivity index (χ1) is 25.4. The van der Waals surface area contributed by atoms with Gasteiger partial charge in [0.2, 0.25) is 0 Å². The number of piperidine rings is 2. The Bertz CT molecular complexity index is 1800. The average molecular weight is 1320 g/mol. The Hall–Kier alpha value is 3.00. The van der Waals surface area contributed by atoms with E-state index >= 15 is 0 Å². The number of hydrogen-bond acceptors (Lipinski definition) is 8. The first kappa shape index (κ1) is 69.6. The van der Waals surface area contributed by atoms with Crippen molar-refractivity contribution in [2.75, 3.05) is 52.1 Å². The van der Waals surface area contributed by atoms with Gasteiger partial charge in [-0.15, -0.1) is 12.4 Å². The first-order valence-corrected chi connectivity index (χ1v) is 20.9. The number of nitrogens with one attached hydrogen (secondary N) is 1. The van der Waals surface area contributed by atoms with Crippen LogP contribution in [-0.4, -0.2) is 85.1 Å². The monoisotopic (exact) mass is 1310 g/mol. The number of benzene rings is 3. The quantitative estimate of drug-likeness (QED) is 0.178. The average Bonchev–Trinajstić information content (AvgIpc) is 3.60. The summed E-state index contributed by atoms with van der Waals surface area (Å²) in [5.74, 6) is 2.65. The molecule has 1 atom stereocenters. The second kappa shape index (κ2) is 37.9. The van der Waals surface area contributed by atoms with Crippen LogP contribution in [0.15, 0.2) is 96.7 Å². The minimum Gasteiger partial charge on any atom is -0.461 e. The van der Waals surface area contributed by atoms with E-state index in [-0.39, 0.29) is 233 Å². The number of fused-ring (bicyclic) bond motifs is 1. The Morgan fingerprint density at radius 2 is 1.25 bits per heavy atom. The molecule has 312 valence electrons. The van der Waals surface area contributed by atoms with Gasteiger partial charge in [0.25, 0.3) is 0 Å². The van der Waals surface area contributed by atoms with Gasteiger partial charge in [-0.1, -0.05) is 100 Å². The fraction of sp³-hybridized carbons (Fsp3) is 0.318. The molecule has 1 unspecified atom stereocenters. The number of furan rings is 1. The summed E-state index contributed by atoms with van der Waals surface area (Å²) in [7, 11) is 4.01. The van der Waals surface area contributed by atoms with Crippen LogP contribution >= 0.6 is 76.1 Å². The second-order valence-electron chi connectivity index (χ2n) is 13.0. The summed E-state index contributed by atoms with van der Waals surface area (Å²) in [5.41, 5.74) is 3.85. The van der Waals surface area contributed by atoms with Crippen LogP contribution in [-0.2, 0) is 22.6 Å². The van der Waals surface area contributed by atoms with E-state index in [1.165, 1.54) is 5.56 Å². The van der Waals surface area contributed by atoms with E-state index in [0.29, 0.717) is 42.5 Å². The van der Waals surface area contributed by atoms with Crippen molar-refractivity contribution < 1.29 is 198 Å². The SMILES string of the molecule is Brc1ccc(-c2cc3c(o2)CCNC3)cc1.CN1CCC(=O)C(CC(=O)c2ccc(Br)cc2)C1.CN1C[CH+]C(=O)CC1.Cl.O=C(CBr)c1ccc(Br)cc1.[CH3-].[CH3-].[CH3-].[Rb+].[Rb+].[Rb+]. The van der Waals surface area contributed by atoms with Gasteiger partial charge in [0.1, 0.15) is 23.8 Å². The number of alkyl halides is 1. The van der Waals surface area contributed by atoms with E-state index in [1.54, 1.807) is 30.7 Å². The van der Waals surface area contributed by atoms with E-state index in [0.717, 1.165) is 75.2 Å². The van der Waals surface area contributed by atoms with Crippen LogP contribution in [0.2, 0.25) is 0 Å². The summed E-state index contributed by atoms with van der Waals surface area (Å²) in [6, 6.07) is 25.0. The van der Waals surface area contributed by atoms with E-state index < -0.39 is 0 Å². The maximum atomic E-state index is 12.1. The van der Waals surface area contributed by atoms with Crippen molar-refractivity contribution in [1.29, 1.82) is 0 Å². The predicted molar refractivity (Wildman–Crippen MR) is 251 cm³/mol. The van der Waals surface area contributed by atoms with Crippen LogP contribution in [0.4, 0.5) is 0 Å². The third-order valence-electron chi connectivity index (χ3n) is 8.85. The van der Waals surface area contributed by atoms with Crippen molar-refractivity contribution in [3.05, 3.63) is 143 Å². The zero-order chi connectivity index (χ0) is 38.3. The summed E-state index contributed by atoms with van der Waals surface area (Å²) in [6.45, 7) is 5.20. The van der Waals surface area contributed by atoms with Gasteiger partial charge in [-0.05, 0) is 56.6 Å². The summed E-state index contributed by atoms with van der Waals surface area (Å²) >= 11 is 13.2. The molecule has 7 rings (SSSR count). The maximum Gasteiger partial charge on any atom is 1.00 e. The Kier molecular flexibility index (Phi) is 44.0. The topological polar surface area (TPSA) is 99.9 Å². The zero-order valence-corrected chi connectivity index (χ0v) is 58.2. The van der Waals surface area contributed by atoms with Crippen LogP contribution in [0, 0.1) is 34.6 Å². The molecule has 3 aliphatic rings. The Balaban J connectivity index is -0.000000347. The molecule has 2 fully saturated rings. The van der Waals surface area contributed by atoms with E-state index in [9.17, 15) is 19.2 Å². The molecule has 0 aliphatic carbocycles. The van der Waals surface area contributed by atoms with E-state index in [4.69, 9.17) is 4.42 Å². The number of hydrogen-bond donors (Lipinski definition) is 1. The smallest absolute Gasteiger partial charge is 0.461 e. The number of nitrogens with zero attached hydrogens (tertiary/aromatic N) is 2. The van der Waals surface area contributed by atoms with Gasteiger partial charge in [-0.25, -0.2) is 4.79 Å². The molecule has 16 heteroatoms. The number of rotatable bonds is 6. The van der Waals surface area contributed by atoms with Crippen LogP contribution in [0.25, 0.3) is 11.3 Å². The van der Waals surface area contributed by atoms with Crippen molar-refractivity contribution in [3.63, 3.8) is 0 Å². The van der Waals surface area contributed by atoms with Crippen LogP contribution in [0.5, 0.6) is 0 Å². The van der Waals surface area contributed by atoms with Crippen LogP contribution < -0.4 is 180 Å². The van der Waals surface area contributed by atoms with Crippen molar-refractivity contribution in [2.45, 2.75) is 32.2 Å². The van der Waals surface area contributed by atoms with Crippen molar-refractivity contribution in [1.82, 2.24) is 15.1 Å². The molecule has 3 aliphatic heterocycles. The third-order valence-corrected chi connectivity index (χ3v) is 10.9. The van der Waals surface area contributed by atoms with Gasteiger partial charge in [-0.3, -0.25) is 19.3 Å². The Labute approximate surface area is 546 Å². The second-order valence-corrected chi connectivity index (χ2v) is 16.4. The minimum absolute atomic E-state index is 0. The van der Waals surface area contributed by atoms with E-state index in [1.807, 2.05) is 50.5 Å². The van der Waals surface area contributed by atoms with Crippen LogP contribution in [0.3, 0.4) is 0 Å².